The predicted molar refractivity (Wildman–Crippen MR) is 58.6 cm³/mol. The highest BCUT2D eigenvalue weighted by Gasteiger charge is 2.34. The minimum Gasteiger partial charge on any atom is -0.481 e. The van der Waals surface area contributed by atoms with E-state index in [1.807, 2.05) is 0 Å². The van der Waals surface area contributed by atoms with Gasteiger partial charge in [-0.05, 0) is 50.1 Å². The van der Waals surface area contributed by atoms with Crippen molar-refractivity contribution < 1.29 is 9.90 Å². The van der Waals surface area contributed by atoms with Gasteiger partial charge in [-0.1, -0.05) is 12.2 Å². The minimum absolute atomic E-state index is 0.281. The number of aliphatic carboxylic acids is 1. The molecule has 3 heteroatoms. The second-order valence-corrected chi connectivity index (χ2v) is 4.74. The van der Waals surface area contributed by atoms with Gasteiger partial charge in [-0.2, -0.15) is 0 Å². The molecule has 2 N–H and O–H groups in total. The maximum Gasteiger partial charge on any atom is 0.303 e. The Morgan fingerprint density at radius 3 is 2.87 bits per heavy atom. The average Bonchev–Trinajstić information content (AvgIpc) is 2.78. The first-order valence-electron chi connectivity index (χ1n) is 5.86. The van der Waals surface area contributed by atoms with Gasteiger partial charge < -0.3 is 10.4 Å². The molecule has 0 aromatic carbocycles. The fraction of sp³-hybridized carbons (Fsp3) is 0.750. The molecule has 3 unspecified atom stereocenters. The fourth-order valence-corrected chi connectivity index (χ4v) is 2.78. The maximum absolute atomic E-state index is 10.3. The first-order chi connectivity index (χ1) is 7.25. The van der Waals surface area contributed by atoms with Gasteiger partial charge >= 0.3 is 5.97 Å². The van der Waals surface area contributed by atoms with Gasteiger partial charge in [0.2, 0.25) is 0 Å². The number of carboxylic acid groups (broad SMARTS) is 1. The van der Waals surface area contributed by atoms with Crippen LogP contribution in [-0.4, -0.2) is 24.2 Å². The molecule has 84 valence electrons. The summed E-state index contributed by atoms with van der Waals surface area (Å²) in [5, 5.41) is 11.8. The molecule has 2 bridgehead atoms. The zero-order valence-electron chi connectivity index (χ0n) is 8.98. The Bertz CT molecular complexity index is 262. The van der Waals surface area contributed by atoms with Gasteiger partial charge in [-0.25, -0.2) is 0 Å². The molecular weight excluding hydrogens is 190 g/mol. The normalized spacial score (nSPS) is 32.4. The molecule has 2 rings (SSSR count). The third kappa shape index (κ3) is 2.81. The molecule has 15 heavy (non-hydrogen) atoms. The van der Waals surface area contributed by atoms with Gasteiger partial charge in [0.1, 0.15) is 0 Å². The topological polar surface area (TPSA) is 49.3 Å². The average molecular weight is 209 g/mol. The molecule has 0 spiro atoms. The van der Waals surface area contributed by atoms with E-state index in [2.05, 4.69) is 17.5 Å². The van der Waals surface area contributed by atoms with Crippen LogP contribution in [0.2, 0.25) is 0 Å². The van der Waals surface area contributed by atoms with Crippen molar-refractivity contribution >= 4 is 5.97 Å². The van der Waals surface area contributed by atoms with E-state index in [-0.39, 0.29) is 6.42 Å². The zero-order chi connectivity index (χ0) is 10.7. The highest BCUT2D eigenvalue weighted by molar-refractivity contribution is 5.66. The fourth-order valence-electron chi connectivity index (χ4n) is 2.78. The number of allylic oxidation sites excluding steroid dienone is 2. The minimum atomic E-state index is -0.695. The number of carbonyl (C=O) groups is 1. The van der Waals surface area contributed by atoms with Crippen molar-refractivity contribution in [1.29, 1.82) is 0 Å². The molecule has 0 saturated heterocycles. The largest absolute Gasteiger partial charge is 0.481 e. The molecule has 3 atom stereocenters. The summed E-state index contributed by atoms with van der Waals surface area (Å²) in [7, 11) is 0. The van der Waals surface area contributed by atoms with Crippen LogP contribution in [0.1, 0.15) is 25.7 Å². The maximum atomic E-state index is 10.3. The molecule has 0 aromatic heterocycles. The molecule has 0 aliphatic heterocycles. The molecule has 0 amide bonds. The Morgan fingerprint density at radius 1 is 1.40 bits per heavy atom. The van der Waals surface area contributed by atoms with E-state index in [0.717, 1.165) is 37.3 Å². The van der Waals surface area contributed by atoms with Gasteiger partial charge in [-0.15, -0.1) is 0 Å². The van der Waals surface area contributed by atoms with Crippen LogP contribution >= 0.6 is 0 Å². The molecule has 2 aliphatic carbocycles. The summed E-state index contributed by atoms with van der Waals surface area (Å²) < 4.78 is 0. The predicted octanol–water partition coefficient (Wildman–Crippen LogP) is 1.65. The Morgan fingerprint density at radius 2 is 2.27 bits per heavy atom. The molecule has 3 nitrogen and oxygen atoms in total. The lowest BCUT2D eigenvalue weighted by Crippen LogP contribution is -2.26. The number of fused-ring (bicyclic) bond motifs is 2. The summed E-state index contributed by atoms with van der Waals surface area (Å²) >= 11 is 0. The van der Waals surface area contributed by atoms with Crippen molar-refractivity contribution in [3.63, 3.8) is 0 Å². The Hall–Kier alpha value is -0.830. The summed E-state index contributed by atoms with van der Waals surface area (Å²) in [5.74, 6) is 1.73. The third-order valence-electron chi connectivity index (χ3n) is 3.57. The SMILES string of the molecule is O=C(O)CCCNCC1CC2C=CC1C2. The van der Waals surface area contributed by atoms with Crippen molar-refractivity contribution in [3.8, 4) is 0 Å². The van der Waals surface area contributed by atoms with E-state index >= 15 is 0 Å². The van der Waals surface area contributed by atoms with Crippen LogP contribution in [0.3, 0.4) is 0 Å². The van der Waals surface area contributed by atoms with E-state index in [1.54, 1.807) is 0 Å². The van der Waals surface area contributed by atoms with Crippen LogP contribution in [0.5, 0.6) is 0 Å². The summed E-state index contributed by atoms with van der Waals surface area (Å²) in [6, 6.07) is 0. The van der Waals surface area contributed by atoms with E-state index in [9.17, 15) is 4.79 Å². The van der Waals surface area contributed by atoms with Gasteiger partial charge in [0, 0.05) is 6.42 Å². The zero-order valence-corrected chi connectivity index (χ0v) is 8.98. The second kappa shape index (κ2) is 4.79. The van der Waals surface area contributed by atoms with Crippen LogP contribution in [0, 0.1) is 17.8 Å². The highest BCUT2D eigenvalue weighted by atomic mass is 16.4. The van der Waals surface area contributed by atoms with E-state index in [0.29, 0.717) is 0 Å². The summed E-state index contributed by atoms with van der Waals surface area (Å²) in [6.45, 7) is 1.90. The van der Waals surface area contributed by atoms with Crippen LogP contribution in [0.15, 0.2) is 12.2 Å². The number of hydrogen-bond donors (Lipinski definition) is 2. The third-order valence-corrected chi connectivity index (χ3v) is 3.57. The van der Waals surface area contributed by atoms with Crippen LogP contribution in [0.4, 0.5) is 0 Å². The second-order valence-electron chi connectivity index (χ2n) is 4.74. The van der Waals surface area contributed by atoms with Gasteiger partial charge in [-0.3, -0.25) is 4.79 Å². The quantitative estimate of drug-likeness (QED) is 0.516. The van der Waals surface area contributed by atoms with Gasteiger partial charge in [0.25, 0.3) is 0 Å². The first kappa shape index (κ1) is 10.7. The number of hydrogen-bond acceptors (Lipinski definition) is 2. The van der Waals surface area contributed by atoms with E-state index in [4.69, 9.17) is 5.11 Å². The first-order valence-corrected chi connectivity index (χ1v) is 5.86. The van der Waals surface area contributed by atoms with Crippen molar-refractivity contribution in [2.24, 2.45) is 17.8 Å². The monoisotopic (exact) mass is 209 g/mol. The lowest BCUT2D eigenvalue weighted by Gasteiger charge is -2.18. The number of rotatable bonds is 6. The van der Waals surface area contributed by atoms with E-state index in [1.165, 1.54) is 12.8 Å². The Kier molecular flexibility index (Phi) is 3.41. The molecular formula is C12H19NO2. The van der Waals surface area contributed by atoms with Crippen LogP contribution in [0.25, 0.3) is 0 Å². The molecule has 0 aromatic rings. The van der Waals surface area contributed by atoms with Crippen LogP contribution in [-0.2, 0) is 4.79 Å². The molecule has 2 aliphatic rings. The van der Waals surface area contributed by atoms with Gasteiger partial charge in [0.15, 0.2) is 0 Å². The van der Waals surface area contributed by atoms with E-state index < -0.39 is 5.97 Å². The smallest absolute Gasteiger partial charge is 0.303 e. The number of carboxylic acids is 1. The van der Waals surface area contributed by atoms with Crippen molar-refractivity contribution in [3.05, 3.63) is 12.2 Å². The Balaban J connectivity index is 1.55. The Labute approximate surface area is 90.6 Å². The standard InChI is InChI=1S/C12H19NO2/c14-12(15)2-1-5-13-8-11-7-9-3-4-10(11)6-9/h3-4,9-11,13H,1-2,5-8H2,(H,14,15). The lowest BCUT2D eigenvalue weighted by atomic mass is 9.93. The van der Waals surface area contributed by atoms with Gasteiger partial charge in [0.05, 0.1) is 0 Å². The molecule has 1 fully saturated rings. The van der Waals surface area contributed by atoms with Crippen molar-refractivity contribution in [2.45, 2.75) is 25.7 Å². The summed E-state index contributed by atoms with van der Waals surface area (Å²) in [6.07, 6.45) is 8.41. The molecule has 1 saturated carbocycles. The number of nitrogens with one attached hydrogen (secondary N) is 1. The van der Waals surface area contributed by atoms with Crippen LogP contribution < -0.4 is 5.32 Å². The molecule has 0 radical (unpaired) electrons. The van der Waals surface area contributed by atoms with Crippen molar-refractivity contribution in [1.82, 2.24) is 5.32 Å². The highest BCUT2D eigenvalue weighted by Crippen LogP contribution is 2.42. The van der Waals surface area contributed by atoms with Crippen molar-refractivity contribution in [2.75, 3.05) is 13.1 Å². The molecule has 0 heterocycles. The summed E-state index contributed by atoms with van der Waals surface area (Å²) in [5.41, 5.74) is 0. The lowest BCUT2D eigenvalue weighted by molar-refractivity contribution is -0.137. The summed E-state index contributed by atoms with van der Waals surface area (Å²) in [4.78, 5) is 10.3.